The third-order valence-corrected chi connectivity index (χ3v) is 4.81. The summed E-state index contributed by atoms with van der Waals surface area (Å²) in [7, 11) is 0. The van der Waals surface area contributed by atoms with Crippen molar-refractivity contribution in [1.82, 2.24) is 20.9 Å². The number of urea groups is 2. The molecule has 1 saturated carbocycles. The highest BCUT2D eigenvalue weighted by atomic mass is 16.2. The number of carbonyl (C=O) groups excluding carboxylic acids is 4. The van der Waals surface area contributed by atoms with Crippen LogP contribution in [0.4, 0.5) is 9.59 Å². The van der Waals surface area contributed by atoms with Crippen LogP contribution >= 0.6 is 0 Å². The first-order chi connectivity index (χ1) is 12.8. The number of nitrogens with zero attached hydrogens (tertiary/aromatic N) is 1. The Labute approximate surface area is 157 Å². The van der Waals surface area contributed by atoms with Crippen molar-refractivity contribution in [2.45, 2.75) is 51.1 Å². The summed E-state index contributed by atoms with van der Waals surface area (Å²) in [6.07, 6.45) is 3.74. The number of aryl methyl sites for hydroxylation is 1. The van der Waals surface area contributed by atoms with Gasteiger partial charge in [-0.3, -0.25) is 19.8 Å². The van der Waals surface area contributed by atoms with Crippen molar-refractivity contribution in [1.29, 1.82) is 0 Å². The van der Waals surface area contributed by atoms with Gasteiger partial charge in [-0.05, 0) is 37.3 Å². The topological polar surface area (TPSA) is 108 Å². The number of nitrogens with one attached hydrogen (secondary N) is 3. The van der Waals surface area contributed by atoms with Crippen LogP contribution in [-0.4, -0.2) is 41.4 Å². The third kappa shape index (κ3) is 4.10. The molecule has 0 bridgehead atoms. The van der Waals surface area contributed by atoms with E-state index < -0.39 is 36.0 Å². The van der Waals surface area contributed by atoms with Gasteiger partial charge in [0.15, 0.2) is 0 Å². The number of benzene rings is 1. The number of imide groups is 2. The van der Waals surface area contributed by atoms with Gasteiger partial charge in [0.05, 0.1) is 0 Å². The summed E-state index contributed by atoms with van der Waals surface area (Å²) in [5, 5.41) is 7.42. The zero-order valence-corrected chi connectivity index (χ0v) is 15.5. The summed E-state index contributed by atoms with van der Waals surface area (Å²) >= 11 is 0. The second-order valence-electron chi connectivity index (χ2n) is 7.19. The molecule has 1 aliphatic carbocycles. The van der Waals surface area contributed by atoms with Crippen LogP contribution in [0.15, 0.2) is 24.3 Å². The van der Waals surface area contributed by atoms with Crippen molar-refractivity contribution in [3.05, 3.63) is 35.4 Å². The third-order valence-electron chi connectivity index (χ3n) is 4.81. The van der Waals surface area contributed by atoms with Gasteiger partial charge in [0.25, 0.3) is 5.91 Å². The molecule has 2 fully saturated rings. The van der Waals surface area contributed by atoms with Crippen molar-refractivity contribution in [3.8, 4) is 0 Å². The van der Waals surface area contributed by atoms with E-state index >= 15 is 0 Å². The zero-order chi connectivity index (χ0) is 19.6. The van der Waals surface area contributed by atoms with E-state index in [1.54, 1.807) is 6.92 Å². The van der Waals surface area contributed by atoms with Gasteiger partial charge >= 0.3 is 12.1 Å². The highest BCUT2D eigenvalue weighted by molar-refractivity contribution is 6.10. The minimum absolute atomic E-state index is 0.105. The summed E-state index contributed by atoms with van der Waals surface area (Å²) < 4.78 is 0. The van der Waals surface area contributed by atoms with Crippen molar-refractivity contribution in [2.24, 2.45) is 0 Å². The van der Waals surface area contributed by atoms with E-state index in [1.165, 1.54) is 0 Å². The van der Waals surface area contributed by atoms with E-state index in [0.29, 0.717) is 5.56 Å². The van der Waals surface area contributed by atoms with Gasteiger partial charge in [0.2, 0.25) is 5.91 Å². The average molecular weight is 372 g/mol. The molecule has 1 heterocycles. The molecule has 6 amide bonds. The maximum Gasteiger partial charge on any atom is 0.325 e. The predicted molar refractivity (Wildman–Crippen MR) is 97.7 cm³/mol. The molecular weight excluding hydrogens is 348 g/mol. The van der Waals surface area contributed by atoms with Crippen LogP contribution < -0.4 is 16.0 Å². The van der Waals surface area contributed by atoms with E-state index in [2.05, 4.69) is 22.9 Å². The smallest absolute Gasteiger partial charge is 0.325 e. The molecule has 0 spiro atoms. The molecule has 1 atom stereocenters. The fraction of sp³-hybridized carbons (Fsp3) is 0.474. The van der Waals surface area contributed by atoms with E-state index in [1.807, 2.05) is 24.3 Å². The van der Waals surface area contributed by atoms with Gasteiger partial charge in [-0.2, -0.15) is 0 Å². The van der Waals surface area contributed by atoms with Gasteiger partial charge in [-0.15, -0.1) is 0 Å². The van der Waals surface area contributed by atoms with Crippen LogP contribution in [0.5, 0.6) is 0 Å². The summed E-state index contributed by atoms with van der Waals surface area (Å²) in [5.74, 6) is -1.23. The van der Waals surface area contributed by atoms with Crippen molar-refractivity contribution in [2.75, 3.05) is 6.54 Å². The lowest BCUT2D eigenvalue weighted by Gasteiger charge is -2.22. The summed E-state index contributed by atoms with van der Waals surface area (Å²) in [4.78, 5) is 49.6. The second kappa shape index (κ2) is 7.38. The maximum atomic E-state index is 12.8. The van der Waals surface area contributed by atoms with E-state index in [-0.39, 0.29) is 6.04 Å². The Balaban J connectivity index is 1.66. The van der Waals surface area contributed by atoms with E-state index in [0.717, 1.165) is 36.1 Å². The highest BCUT2D eigenvalue weighted by Crippen LogP contribution is 2.29. The molecule has 0 radical (unpaired) electrons. The van der Waals surface area contributed by atoms with Crippen LogP contribution in [-0.2, 0) is 21.5 Å². The highest BCUT2D eigenvalue weighted by Gasteiger charge is 2.49. The van der Waals surface area contributed by atoms with Gasteiger partial charge in [0.1, 0.15) is 12.1 Å². The molecule has 0 unspecified atom stereocenters. The number of hydrogen-bond acceptors (Lipinski definition) is 4. The molecule has 8 heteroatoms. The first-order valence-electron chi connectivity index (χ1n) is 9.17. The minimum atomic E-state index is -1.24. The second-order valence-corrected chi connectivity index (χ2v) is 7.19. The fourth-order valence-electron chi connectivity index (χ4n) is 3.09. The Hall–Kier alpha value is -2.90. The molecule has 1 aliphatic heterocycles. The van der Waals surface area contributed by atoms with Gasteiger partial charge < -0.3 is 10.6 Å². The lowest BCUT2D eigenvalue weighted by molar-refractivity contribution is -0.134. The monoisotopic (exact) mass is 372 g/mol. The normalized spacial score (nSPS) is 21.8. The molecular formula is C19H24N4O4. The number of carbonyl (C=O) groups is 4. The van der Waals surface area contributed by atoms with Crippen LogP contribution in [0.25, 0.3) is 0 Å². The quantitative estimate of drug-likeness (QED) is 0.656. The Kier molecular flexibility index (Phi) is 5.16. The maximum absolute atomic E-state index is 12.8. The van der Waals surface area contributed by atoms with Gasteiger partial charge in [-0.25, -0.2) is 9.59 Å². The summed E-state index contributed by atoms with van der Waals surface area (Å²) in [5.41, 5.74) is 0.563. The van der Waals surface area contributed by atoms with Crippen molar-refractivity contribution >= 4 is 23.9 Å². The molecule has 144 valence electrons. The standard InChI is InChI=1S/C19H24N4O4/c1-3-4-12-5-7-13(8-6-12)19(2)16(25)23(18(27)22-19)11-15(24)21-17(26)20-14-9-10-14/h5-8,14H,3-4,9-11H2,1-2H3,(H,22,27)(H2,20,21,24,26)/t19-/m1/s1. The SMILES string of the molecule is CCCc1ccc([C@@]2(C)NC(=O)N(CC(=O)NC(=O)NC3CC3)C2=O)cc1. The lowest BCUT2D eigenvalue weighted by Crippen LogP contribution is -2.47. The van der Waals surface area contributed by atoms with E-state index in [4.69, 9.17) is 0 Å². The molecule has 2 aliphatic rings. The van der Waals surface area contributed by atoms with Gasteiger partial charge in [-0.1, -0.05) is 37.6 Å². The largest absolute Gasteiger partial charge is 0.335 e. The number of hydrogen-bond donors (Lipinski definition) is 3. The van der Waals surface area contributed by atoms with Crippen LogP contribution in [0, 0.1) is 0 Å². The summed E-state index contributed by atoms with van der Waals surface area (Å²) in [6, 6.07) is 6.34. The van der Waals surface area contributed by atoms with Crippen molar-refractivity contribution < 1.29 is 19.2 Å². The van der Waals surface area contributed by atoms with Gasteiger partial charge in [0, 0.05) is 6.04 Å². The Morgan fingerprint density at radius 2 is 1.89 bits per heavy atom. The molecule has 1 aromatic rings. The van der Waals surface area contributed by atoms with Crippen LogP contribution in [0.2, 0.25) is 0 Å². The van der Waals surface area contributed by atoms with Crippen molar-refractivity contribution in [3.63, 3.8) is 0 Å². The Morgan fingerprint density at radius 3 is 2.48 bits per heavy atom. The predicted octanol–water partition coefficient (Wildman–Crippen LogP) is 1.39. The fourth-order valence-corrected chi connectivity index (χ4v) is 3.09. The first kappa shape index (κ1) is 18.9. The molecule has 1 aromatic carbocycles. The minimum Gasteiger partial charge on any atom is -0.335 e. The Morgan fingerprint density at radius 1 is 1.22 bits per heavy atom. The zero-order valence-electron chi connectivity index (χ0n) is 15.5. The molecule has 1 saturated heterocycles. The molecule has 0 aromatic heterocycles. The average Bonchev–Trinajstić information content (AvgIpc) is 3.39. The number of amides is 6. The first-order valence-corrected chi connectivity index (χ1v) is 9.17. The molecule has 3 rings (SSSR count). The van der Waals surface area contributed by atoms with E-state index in [9.17, 15) is 19.2 Å². The van der Waals surface area contributed by atoms with Crippen LogP contribution in [0.1, 0.15) is 44.2 Å². The molecule has 27 heavy (non-hydrogen) atoms. The van der Waals surface area contributed by atoms with Crippen LogP contribution in [0.3, 0.4) is 0 Å². The molecule has 3 N–H and O–H groups in total. The molecule has 8 nitrogen and oxygen atoms in total. The number of rotatable bonds is 6. The lowest BCUT2D eigenvalue weighted by atomic mass is 9.91. The Bertz CT molecular complexity index is 772. The summed E-state index contributed by atoms with van der Waals surface area (Å²) in [6.45, 7) is 3.19.